The zero-order chi connectivity index (χ0) is 17.9. The second kappa shape index (κ2) is 7.48. The van der Waals surface area contributed by atoms with Gasteiger partial charge in [-0.1, -0.05) is 6.07 Å². The van der Waals surface area contributed by atoms with Gasteiger partial charge in [0, 0.05) is 19.6 Å². The van der Waals surface area contributed by atoms with Gasteiger partial charge in [-0.25, -0.2) is 12.8 Å². The van der Waals surface area contributed by atoms with Crippen LogP contribution in [0.15, 0.2) is 18.2 Å². The highest BCUT2D eigenvalue weighted by atomic mass is 32.2. The van der Waals surface area contributed by atoms with Gasteiger partial charge in [-0.05, 0) is 31.2 Å². The molecule has 134 valence electrons. The summed E-state index contributed by atoms with van der Waals surface area (Å²) in [5, 5.41) is 0. The van der Waals surface area contributed by atoms with Gasteiger partial charge in [0.1, 0.15) is 0 Å². The lowest BCUT2D eigenvalue weighted by Gasteiger charge is -2.25. The summed E-state index contributed by atoms with van der Waals surface area (Å²) < 4.78 is 41.6. The van der Waals surface area contributed by atoms with Crippen LogP contribution < -0.4 is 4.74 Å². The van der Waals surface area contributed by atoms with E-state index < -0.39 is 15.7 Å². The summed E-state index contributed by atoms with van der Waals surface area (Å²) in [5.74, 6) is -0.168. The molecule has 1 unspecified atom stereocenters. The topological polar surface area (TPSA) is 66.9 Å². The predicted octanol–water partition coefficient (Wildman–Crippen LogP) is 0.912. The number of likely N-dealkylation sites (N-methyl/N-ethyl adjacent to an activating group) is 2. The molecule has 0 saturated carbocycles. The van der Waals surface area contributed by atoms with Crippen LogP contribution in [0, 0.1) is 5.82 Å². The molecular formula is C16H23FN2O4S. The highest BCUT2D eigenvalue weighted by molar-refractivity contribution is 7.91. The first-order chi connectivity index (χ1) is 11.2. The van der Waals surface area contributed by atoms with E-state index in [2.05, 4.69) is 0 Å². The number of halogens is 1. The van der Waals surface area contributed by atoms with E-state index in [1.807, 2.05) is 0 Å². The van der Waals surface area contributed by atoms with Gasteiger partial charge in [-0.3, -0.25) is 9.69 Å². The summed E-state index contributed by atoms with van der Waals surface area (Å²) in [7, 11) is 1.82. The van der Waals surface area contributed by atoms with Crippen LogP contribution in [0.2, 0.25) is 0 Å². The van der Waals surface area contributed by atoms with E-state index >= 15 is 0 Å². The van der Waals surface area contributed by atoms with E-state index in [9.17, 15) is 17.6 Å². The fourth-order valence-corrected chi connectivity index (χ4v) is 4.56. The minimum atomic E-state index is -2.98. The van der Waals surface area contributed by atoms with Gasteiger partial charge in [0.2, 0.25) is 5.91 Å². The van der Waals surface area contributed by atoms with Crippen LogP contribution >= 0.6 is 0 Å². The Balaban J connectivity index is 1.91. The SMILES string of the molecule is COc1ccc(CN(C)C(=O)CN(C)C2CCS(=O)(=O)C2)cc1F. The van der Waals surface area contributed by atoms with Crippen LogP contribution in [0.25, 0.3) is 0 Å². The van der Waals surface area contributed by atoms with Crippen molar-refractivity contribution in [3.05, 3.63) is 29.6 Å². The summed E-state index contributed by atoms with van der Waals surface area (Å²) in [6, 6.07) is 4.46. The Labute approximate surface area is 142 Å². The largest absolute Gasteiger partial charge is 0.494 e. The van der Waals surface area contributed by atoms with Crippen molar-refractivity contribution in [2.75, 3.05) is 39.3 Å². The zero-order valence-corrected chi connectivity index (χ0v) is 15.0. The molecule has 6 nitrogen and oxygen atoms in total. The molecule has 1 amide bonds. The number of hydrogen-bond donors (Lipinski definition) is 0. The Hall–Kier alpha value is -1.67. The number of amides is 1. The predicted molar refractivity (Wildman–Crippen MR) is 89.1 cm³/mol. The van der Waals surface area contributed by atoms with Gasteiger partial charge in [0.05, 0.1) is 25.2 Å². The first kappa shape index (κ1) is 18.7. The summed E-state index contributed by atoms with van der Waals surface area (Å²) in [5.41, 5.74) is 0.662. The minimum absolute atomic E-state index is 0.101. The lowest BCUT2D eigenvalue weighted by atomic mass is 10.2. The normalized spacial score (nSPS) is 19.5. The molecule has 1 heterocycles. The molecule has 1 fully saturated rings. The number of methoxy groups -OCH3 is 1. The van der Waals surface area contributed by atoms with Crippen molar-refractivity contribution in [1.82, 2.24) is 9.80 Å². The van der Waals surface area contributed by atoms with E-state index in [0.717, 1.165) is 0 Å². The number of sulfone groups is 1. The monoisotopic (exact) mass is 358 g/mol. The number of carbonyl (C=O) groups is 1. The van der Waals surface area contributed by atoms with Crippen LogP contribution in [0.1, 0.15) is 12.0 Å². The maximum absolute atomic E-state index is 13.7. The van der Waals surface area contributed by atoms with Gasteiger partial charge in [0.25, 0.3) is 0 Å². The smallest absolute Gasteiger partial charge is 0.236 e. The minimum Gasteiger partial charge on any atom is -0.494 e. The van der Waals surface area contributed by atoms with Crippen LogP contribution in [-0.2, 0) is 21.2 Å². The maximum atomic E-state index is 13.7. The van der Waals surface area contributed by atoms with Crippen molar-refractivity contribution in [3.63, 3.8) is 0 Å². The van der Waals surface area contributed by atoms with Crippen LogP contribution in [0.5, 0.6) is 5.75 Å². The Morgan fingerprint density at radius 3 is 2.62 bits per heavy atom. The van der Waals surface area contributed by atoms with Crippen molar-refractivity contribution >= 4 is 15.7 Å². The third kappa shape index (κ3) is 4.67. The quantitative estimate of drug-likeness (QED) is 0.756. The first-order valence-electron chi connectivity index (χ1n) is 7.69. The third-order valence-electron chi connectivity index (χ3n) is 4.28. The number of ether oxygens (including phenoxy) is 1. The molecule has 0 bridgehead atoms. The van der Waals surface area contributed by atoms with Crippen molar-refractivity contribution < 1.29 is 22.3 Å². The van der Waals surface area contributed by atoms with Gasteiger partial charge in [0.15, 0.2) is 21.4 Å². The van der Waals surface area contributed by atoms with E-state index in [1.165, 1.54) is 24.1 Å². The fraction of sp³-hybridized carbons (Fsp3) is 0.562. The Kier molecular flexibility index (Phi) is 5.82. The number of hydrogen-bond acceptors (Lipinski definition) is 5. The molecule has 0 aliphatic carbocycles. The molecule has 0 aromatic heterocycles. The number of rotatable bonds is 6. The molecule has 0 spiro atoms. The average Bonchev–Trinajstić information content (AvgIpc) is 2.87. The Morgan fingerprint density at radius 1 is 1.38 bits per heavy atom. The summed E-state index contributed by atoms with van der Waals surface area (Å²) in [6.07, 6.45) is 0.555. The van der Waals surface area contributed by atoms with Gasteiger partial charge in [-0.2, -0.15) is 0 Å². The average molecular weight is 358 g/mol. The van der Waals surface area contributed by atoms with Gasteiger partial charge >= 0.3 is 0 Å². The molecule has 2 rings (SSSR count). The van der Waals surface area contributed by atoms with Gasteiger partial charge < -0.3 is 9.64 Å². The molecule has 24 heavy (non-hydrogen) atoms. The number of nitrogens with zero attached hydrogens (tertiary/aromatic N) is 2. The zero-order valence-electron chi connectivity index (χ0n) is 14.2. The van der Waals surface area contributed by atoms with Crippen molar-refractivity contribution in [2.45, 2.75) is 19.0 Å². The summed E-state index contributed by atoms with van der Waals surface area (Å²) in [6.45, 7) is 0.409. The Bertz CT molecular complexity index is 708. The lowest BCUT2D eigenvalue weighted by Crippen LogP contribution is -2.41. The maximum Gasteiger partial charge on any atom is 0.236 e. The fourth-order valence-electron chi connectivity index (χ4n) is 2.76. The molecule has 1 aliphatic rings. The Morgan fingerprint density at radius 2 is 2.08 bits per heavy atom. The van der Waals surface area contributed by atoms with Crippen molar-refractivity contribution in [3.8, 4) is 5.75 Å². The summed E-state index contributed by atoms with van der Waals surface area (Å²) >= 11 is 0. The second-order valence-corrected chi connectivity index (χ2v) is 8.42. The molecule has 1 aliphatic heterocycles. The number of carbonyl (C=O) groups excluding carboxylic acids is 1. The van der Waals surface area contributed by atoms with Crippen LogP contribution in [-0.4, -0.2) is 69.4 Å². The molecule has 0 N–H and O–H groups in total. The molecule has 8 heteroatoms. The standard InChI is InChI=1S/C16H23FN2O4S/c1-18(13-6-7-24(21,22)11-13)10-16(20)19(2)9-12-4-5-15(23-3)14(17)8-12/h4-5,8,13H,6-7,9-11H2,1-3H3. The van der Waals surface area contributed by atoms with E-state index in [-0.39, 0.29) is 42.3 Å². The molecule has 1 atom stereocenters. The molecule has 1 aromatic rings. The van der Waals surface area contributed by atoms with E-state index in [4.69, 9.17) is 4.74 Å². The van der Waals surface area contributed by atoms with E-state index in [1.54, 1.807) is 25.1 Å². The number of benzene rings is 1. The van der Waals surface area contributed by atoms with Crippen LogP contribution in [0.4, 0.5) is 4.39 Å². The van der Waals surface area contributed by atoms with Crippen LogP contribution in [0.3, 0.4) is 0 Å². The van der Waals surface area contributed by atoms with E-state index in [0.29, 0.717) is 12.0 Å². The van der Waals surface area contributed by atoms with Crippen molar-refractivity contribution in [2.24, 2.45) is 0 Å². The van der Waals surface area contributed by atoms with Gasteiger partial charge in [-0.15, -0.1) is 0 Å². The molecular weight excluding hydrogens is 335 g/mol. The third-order valence-corrected chi connectivity index (χ3v) is 6.03. The molecule has 0 radical (unpaired) electrons. The summed E-state index contributed by atoms with van der Waals surface area (Å²) in [4.78, 5) is 15.6. The first-order valence-corrected chi connectivity index (χ1v) is 9.51. The molecule has 1 saturated heterocycles. The van der Waals surface area contributed by atoms with Crippen molar-refractivity contribution in [1.29, 1.82) is 0 Å². The molecule has 1 aromatic carbocycles. The highest BCUT2D eigenvalue weighted by Crippen LogP contribution is 2.19. The highest BCUT2D eigenvalue weighted by Gasteiger charge is 2.31. The second-order valence-electron chi connectivity index (χ2n) is 6.19. The lowest BCUT2D eigenvalue weighted by molar-refractivity contribution is -0.131.